The number of ketones is 1. The second-order valence-electron chi connectivity index (χ2n) is 6.33. The van der Waals surface area contributed by atoms with Gasteiger partial charge in [-0.3, -0.25) is 9.59 Å². The average molecular weight is 341 g/mol. The van der Waals surface area contributed by atoms with E-state index in [1.54, 1.807) is 12.1 Å². The number of nitrogens with one attached hydrogen (secondary N) is 1. The van der Waals surface area contributed by atoms with E-state index in [4.69, 9.17) is 0 Å². The Morgan fingerprint density at radius 3 is 2.48 bits per heavy atom. The molecule has 0 bridgehead atoms. The molecule has 1 aromatic heterocycles. The van der Waals surface area contributed by atoms with Crippen LogP contribution in [-0.4, -0.2) is 41.7 Å². The first-order valence-corrected chi connectivity index (χ1v) is 8.28. The molecule has 0 saturated carbocycles. The SMILES string of the molecule is CN1CCC(C(=O)c2ccnc(NC(=O)c3ccc(F)cc3)c2)CC1. The number of benzene rings is 1. The lowest BCUT2D eigenvalue weighted by atomic mass is 9.89. The van der Waals surface area contributed by atoms with Crippen LogP contribution in [0.15, 0.2) is 42.6 Å². The second kappa shape index (κ2) is 7.53. The molecular weight excluding hydrogens is 321 g/mol. The minimum absolute atomic E-state index is 0.0132. The number of carbonyl (C=O) groups is 2. The van der Waals surface area contributed by atoms with Crippen molar-refractivity contribution in [3.63, 3.8) is 0 Å². The maximum absolute atomic E-state index is 12.9. The minimum atomic E-state index is -0.402. The van der Waals surface area contributed by atoms with Crippen molar-refractivity contribution in [2.45, 2.75) is 12.8 Å². The van der Waals surface area contributed by atoms with Gasteiger partial charge in [0.1, 0.15) is 11.6 Å². The minimum Gasteiger partial charge on any atom is -0.307 e. The number of hydrogen-bond donors (Lipinski definition) is 1. The molecule has 1 N–H and O–H groups in total. The molecule has 6 heteroatoms. The van der Waals surface area contributed by atoms with Gasteiger partial charge in [-0.2, -0.15) is 0 Å². The number of anilines is 1. The summed E-state index contributed by atoms with van der Waals surface area (Å²) < 4.78 is 12.9. The van der Waals surface area contributed by atoms with E-state index in [-0.39, 0.29) is 11.7 Å². The molecular formula is C19H20FN3O2. The molecule has 0 unspecified atom stereocenters. The predicted molar refractivity (Wildman–Crippen MR) is 93.1 cm³/mol. The number of Topliss-reactive ketones (excluding diaryl/α,β-unsaturated/α-hetero) is 1. The lowest BCUT2D eigenvalue weighted by Gasteiger charge is -2.28. The first-order valence-electron chi connectivity index (χ1n) is 8.28. The molecule has 2 heterocycles. The standard InChI is InChI=1S/C19H20FN3O2/c1-23-10-7-13(8-11-23)18(24)15-6-9-21-17(12-15)22-19(25)14-2-4-16(20)5-3-14/h2-6,9,12-13H,7-8,10-11H2,1H3,(H,21,22,25). The van der Waals surface area contributed by atoms with Crippen molar-refractivity contribution in [2.24, 2.45) is 5.92 Å². The number of amides is 1. The summed E-state index contributed by atoms with van der Waals surface area (Å²) in [5.41, 5.74) is 0.884. The van der Waals surface area contributed by atoms with E-state index in [1.807, 2.05) is 0 Å². The van der Waals surface area contributed by atoms with E-state index in [2.05, 4.69) is 22.2 Å². The summed E-state index contributed by atoms with van der Waals surface area (Å²) in [5.74, 6) is -0.378. The number of hydrogen-bond acceptors (Lipinski definition) is 4. The summed E-state index contributed by atoms with van der Waals surface area (Å²) in [7, 11) is 2.05. The first kappa shape index (κ1) is 17.2. The molecule has 0 atom stereocenters. The van der Waals surface area contributed by atoms with Gasteiger partial charge in [-0.1, -0.05) is 0 Å². The van der Waals surface area contributed by atoms with Gasteiger partial charge in [-0.15, -0.1) is 0 Å². The third-order valence-corrected chi connectivity index (χ3v) is 4.48. The molecule has 1 saturated heterocycles. The number of carbonyl (C=O) groups excluding carboxylic acids is 2. The largest absolute Gasteiger partial charge is 0.307 e. The van der Waals surface area contributed by atoms with Crippen LogP contribution in [0.3, 0.4) is 0 Å². The van der Waals surface area contributed by atoms with Gasteiger partial charge in [0.2, 0.25) is 0 Å². The zero-order valence-corrected chi connectivity index (χ0v) is 14.0. The van der Waals surface area contributed by atoms with Crippen molar-refractivity contribution in [1.29, 1.82) is 0 Å². The van der Waals surface area contributed by atoms with Gasteiger partial charge in [0.05, 0.1) is 0 Å². The number of rotatable bonds is 4. The lowest BCUT2D eigenvalue weighted by molar-refractivity contribution is 0.0856. The molecule has 2 aromatic rings. The third kappa shape index (κ3) is 4.28. The van der Waals surface area contributed by atoms with Crippen LogP contribution in [0.4, 0.5) is 10.2 Å². The van der Waals surface area contributed by atoms with Crippen LogP contribution in [0.5, 0.6) is 0 Å². The molecule has 0 radical (unpaired) electrons. The van der Waals surface area contributed by atoms with Crippen LogP contribution < -0.4 is 5.32 Å². The monoisotopic (exact) mass is 341 g/mol. The molecule has 25 heavy (non-hydrogen) atoms. The fourth-order valence-corrected chi connectivity index (χ4v) is 2.95. The van der Waals surface area contributed by atoms with E-state index in [1.165, 1.54) is 30.5 Å². The topological polar surface area (TPSA) is 62.3 Å². The van der Waals surface area contributed by atoms with E-state index >= 15 is 0 Å². The Bertz CT molecular complexity index is 768. The molecule has 0 aliphatic carbocycles. The van der Waals surface area contributed by atoms with Gasteiger partial charge in [0.15, 0.2) is 5.78 Å². The van der Waals surface area contributed by atoms with Gasteiger partial charge in [-0.25, -0.2) is 9.37 Å². The number of piperidine rings is 1. The van der Waals surface area contributed by atoms with E-state index in [9.17, 15) is 14.0 Å². The summed E-state index contributed by atoms with van der Waals surface area (Å²) in [5, 5.41) is 2.65. The van der Waals surface area contributed by atoms with Gasteiger partial charge in [0, 0.05) is 23.2 Å². The van der Waals surface area contributed by atoms with Crippen LogP contribution in [0.2, 0.25) is 0 Å². The fraction of sp³-hybridized carbons (Fsp3) is 0.316. The molecule has 5 nitrogen and oxygen atoms in total. The number of halogens is 1. The molecule has 0 spiro atoms. The fourth-order valence-electron chi connectivity index (χ4n) is 2.95. The van der Waals surface area contributed by atoms with Crippen molar-refractivity contribution < 1.29 is 14.0 Å². The number of pyridine rings is 1. The highest BCUT2D eigenvalue weighted by molar-refractivity contribution is 6.04. The summed E-state index contributed by atoms with van der Waals surface area (Å²) >= 11 is 0. The summed E-state index contributed by atoms with van der Waals surface area (Å²) in [6.45, 7) is 1.82. The Morgan fingerprint density at radius 1 is 1.12 bits per heavy atom. The molecule has 1 aromatic carbocycles. The number of nitrogens with zero attached hydrogens (tertiary/aromatic N) is 2. The maximum atomic E-state index is 12.9. The van der Waals surface area contributed by atoms with Crippen LogP contribution >= 0.6 is 0 Å². The van der Waals surface area contributed by atoms with E-state index in [0.717, 1.165) is 25.9 Å². The zero-order valence-electron chi connectivity index (χ0n) is 14.0. The van der Waals surface area contributed by atoms with Gasteiger partial charge >= 0.3 is 0 Å². The predicted octanol–water partition coefficient (Wildman–Crippen LogP) is 3.00. The summed E-state index contributed by atoms with van der Waals surface area (Å²) in [4.78, 5) is 31.1. The van der Waals surface area contributed by atoms with E-state index < -0.39 is 11.7 Å². The van der Waals surface area contributed by atoms with Crippen molar-refractivity contribution in [2.75, 3.05) is 25.5 Å². The van der Waals surface area contributed by atoms with Crippen LogP contribution in [-0.2, 0) is 0 Å². The normalized spacial score (nSPS) is 15.8. The number of likely N-dealkylation sites (tertiary alicyclic amines) is 1. The molecule has 1 fully saturated rings. The highest BCUT2D eigenvalue weighted by atomic mass is 19.1. The Kier molecular flexibility index (Phi) is 5.19. The van der Waals surface area contributed by atoms with Crippen LogP contribution in [0.1, 0.15) is 33.6 Å². The van der Waals surface area contributed by atoms with Crippen LogP contribution in [0.25, 0.3) is 0 Å². The summed E-state index contributed by atoms with van der Waals surface area (Å²) in [6, 6.07) is 8.53. The van der Waals surface area contributed by atoms with E-state index in [0.29, 0.717) is 16.9 Å². The molecule has 130 valence electrons. The van der Waals surface area contributed by atoms with Crippen molar-refractivity contribution in [3.8, 4) is 0 Å². The first-order chi connectivity index (χ1) is 12.0. The molecule has 3 rings (SSSR count). The summed E-state index contributed by atoms with van der Waals surface area (Å²) in [6.07, 6.45) is 3.20. The van der Waals surface area contributed by atoms with Gasteiger partial charge in [0.25, 0.3) is 5.91 Å². The Balaban J connectivity index is 1.69. The highest BCUT2D eigenvalue weighted by Crippen LogP contribution is 2.22. The molecule has 1 aliphatic rings. The zero-order chi connectivity index (χ0) is 17.8. The quantitative estimate of drug-likeness (QED) is 0.869. The van der Waals surface area contributed by atoms with Crippen LogP contribution in [0, 0.1) is 11.7 Å². The van der Waals surface area contributed by atoms with Crippen molar-refractivity contribution >= 4 is 17.5 Å². The van der Waals surface area contributed by atoms with Crippen molar-refractivity contribution in [3.05, 3.63) is 59.5 Å². The lowest BCUT2D eigenvalue weighted by Crippen LogP contribution is -2.33. The Hall–Kier alpha value is -2.60. The maximum Gasteiger partial charge on any atom is 0.256 e. The average Bonchev–Trinajstić information content (AvgIpc) is 2.62. The highest BCUT2D eigenvalue weighted by Gasteiger charge is 2.24. The van der Waals surface area contributed by atoms with Gasteiger partial charge < -0.3 is 10.2 Å². The van der Waals surface area contributed by atoms with Crippen molar-refractivity contribution in [1.82, 2.24) is 9.88 Å². The third-order valence-electron chi connectivity index (χ3n) is 4.48. The second-order valence-corrected chi connectivity index (χ2v) is 6.33. The molecule has 1 aliphatic heterocycles. The Morgan fingerprint density at radius 2 is 1.80 bits per heavy atom. The molecule has 1 amide bonds. The van der Waals surface area contributed by atoms with Gasteiger partial charge in [-0.05, 0) is 69.4 Å². The smallest absolute Gasteiger partial charge is 0.256 e. The number of aromatic nitrogens is 1. The Labute approximate surface area is 145 Å².